The molecule has 3 heteroatoms. The van der Waals surface area contributed by atoms with Crippen LogP contribution < -0.4 is 11.5 Å². The van der Waals surface area contributed by atoms with Crippen LogP contribution in [0.15, 0.2) is 0 Å². The summed E-state index contributed by atoms with van der Waals surface area (Å²) in [6.07, 6.45) is 4.79. The molecule has 0 amide bonds. The Balaban J connectivity index is 0. The van der Waals surface area contributed by atoms with Crippen molar-refractivity contribution >= 4 is 24.0 Å². The molecule has 0 saturated heterocycles. The van der Waals surface area contributed by atoms with E-state index in [-0.39, 0.29) is 24.0 Å². The first-order chi connectivity index (χ1) is 3.91. The standard InChI is InChI=1S/C6H16N2.HI/c7-5-3-1-2-4-6-8;/h1-8H2;1H. The molecule has 0 aromatic rings. The van der Waals surface area contributed by atoms with Gasteiger partial charge in [0.15, 0.2) is 0 Å². The predicted octanol–water partition coefficient (Wildman–Crippen LogP) is 1.08. The molecule has 0 heterocycles. The van der Waals surface area contributed by atoms with Gasteiger partial charge >= 0.3 is 0 Å². The third-order valence-corrected chi connectivity index (χ3v) is 1.16. The average molecular weight is 244 g/mol. The van der Waals surface area contributed by atoms with Crippen LogP contribution in [0.4, 0.5) is 0 Å². The van der Waals surface area contributed by atoms with Gasteiger partial charge in [-0.15, -0.1) is 24.0 Å². The summed E-state index contributed by atoms with van der Waals surface area (Å²) in [4.78, 5) is 0. The lowest BCUT2D eigenvalue weighted by atomic mass is 10.2. The van der Waals surface area contributed by atoms with E-state index in [9.17, 15) is 0 Å². The topological polar surface area (TPSA) is 52.0 Å². The first-order valence-electron chi connectivity index (χ1n) is 3.32. The number of halogens is 1. The first kappa shape index (κ1) is 12.3. The minimum absolute atomic E-state index is 0. The van der Waals surface area contributed by atoms with E-state index in [4.69, 9.17) is 11.5 Å². The highest BCUT2D eigenvalue weighted by molar-refractivity contribution is 14.0. The maximum atomic E-state index is 5.28. The molecule has 0 spiro atoms. The third kappa shape index (κ3) is 12.0. The monoisotopic (exact) mass is 244 g/mol. The smallest absolute Gasteiger partial charge is 0.00773 e. The molecule has 2 nitrogen and oxygen atoms in total. The lowest BCUT2D eigenvalue weighted by Crippen LogP contribution is -2.00. The van der Waals surface area contributed by atoms with Gasteiger partial charge in [-0.25, -0.2) is 0 Å². The molecule has 0 radical (unpaired) electrons. The molecule has 0 aliphatic rings. The van der Waals surface area contributed by atoms with Crippen molar-refractivity contribution in [3.05, 3.63) is 0 Å². The molecule has 0 fully saturated rings. The Morgan fingerprint density at radius 1 is 0.667 bits per heavy atom. The molecule has 0 unspecified atom stereocenters. The van der Waals surface area contributed by atoms with Crippen molar-refractivity contribution in [1.82, 2.24) is 0 Å². The molecule has 0 atom stereocenters. The van der Waals surface area contributed by atoms with Gasteiger partial charge in [0.25, 0.3) is 0 Å². The fraction of sp³-hybridized carbons (Fsp3) is 1.00. The third-order valence-electron chi connectivity index (χ3n) is 1.16. The Bertz CT molecular complexity index is 36.0. The number of rotatable bonds is 5. The second-order valence-corrected chi connectivity index (χ2v) is 1.99. The van der Waals surface area contributed by atoms with E-state index in [0.29, 0.717) is 0 Å². The van der Waals surface area contributed by atoms with Crippen molar-refractivity contribution in [2.45, 2.75) is 25.7 Å². The molecule has 0 aliphatic carbocycles. The SMILES string of the molecule is I.NCCCCCCN. The molecule has 0 aromatic carbocycles. The maximum absolute atomic E-state index is 5.28. The lowest BCUT2D eigenvalue weighted by molar-refractivity contribution is 0.653. The summed E-state index contributed by atoms with van der Waals surface area (Å²) in [6.45, 7) is 1.65. The van der Waals surface area contributed by atoms with E-state index < -0.39 is 0 Å². The van der Waals surface area contributed by atoms with Crippen LogP contribution in [-0.4, -0.2) is 13.1 Å². The summed E-state index contributed by atoms with van der Waals surface area (Å²) in [5.74, 6) is 0. The van der Waals surface area contributed by atoms with Crippen LogP contribution in [0.25, 0.3) is 0 Å². The highest BCUT2D eigenvalue weighted by Gasteiger charge is 1.83. The molecule has 58 valence electrons. The zero-order valence-corrected chi connectivity index (χ0v) is 8.14. The average Bonchev–Trinajstić information content (AvgIpc) is 1.81. The Morgan fingerprint density at radius 3 is 1.22 bits per heavy atom. The molecule has 0 aliphatic heterocycles. The van der Waals surface area contributed by atoms with E-state index in [2.05, 4.69) is 0 Å². The minimum Gasteiger partial charge on any atom is -0.330 e. The van der Waals surface area contributed by atoms with E-state index in [1.165, 1.54) is 12.8 Å². The summed E-state index contributed by atoms with van der Waals surface area (Å²) in [7, 11) is 0. The minimum atomic E-state index is 0. The van der Waals surface area contributed by atoms with Gasteiger partial charge in [0.1, 0.15) is 0 Å². The van der Waals surface area contributed by atoms with Crippen LogP contribution in [0.1, 0.15) is 25.7 Å². The molecule has 0 aromatic heterocycles. The van der Waals surface area contributed by atoms with E-state index in [1.807, 2.05) is 0 Å². The number of unbranched alkanes of at least 4 members (excludes halogenated alkanes) is 3. The summed E-state index contributed by atoms with van der Waals surface area (Å²) >= 11 is 0. The van der Waals surface area contributed by atoms with E-state index in [0.717, 1.165) is 25.9 Å². The highest BCUT2D eigenvalue weighted by atomic mass is 127. The van der Waals surface area contributed by atoms with Crippen molar-refractivity contribution in [2.24, 2.45) is 11.5 Å². The summed E-state index contributed by atoms with van der Waals surface area (Å²) in [5, 5.41) is 0. The van der Waals surface area contributed by atoms with Crippen molar-refractivity contribution in [1.29, 1.82) is 0 Å². The zero-order chi connectivity index (χ0) is 6.24. The maximum Gasteiger partial charge on any atom is -0.00773 e. The summed E-state index contributed by atoms with van der Waals surface area (Å²) in [5.41, 5.74) is 10.6. The van der Waals surface area contributed by atoms with Crippen molar-refractivity contribution < 1.29 is 0 Å². The number of hydrogen-bond acceptors (Lipinski definition) is 2. The van der Waals surface area contributed by atoms with Crippen LogP contribution >= 0.6 is 24.0 Å². The van der Waals surface area contributed by atoms with Crippen molar-refractivity contribution in [3.63, 3.8) is 0 Å². The van der Waals surface area contributed by atoms with Gasteiger partial charge in [0.05, 0.1) is 0 Å². The summed E-state index contributed by atoms with van der Waals surface area (Å²) < 4.78 is 0. The van der Waals surface area contributed by atoms with Gasteiger partial charge < -0.3 is 11.5 Å². The van der Waals surface area contributed by atoms with Crippen LogP contribution in [0.2, 0.25) is 0 Å². The van der Waals surface area contributed by atoms with Crippen LogP contribution in [0.5, 0.6) is 0 Å². The molecule has 0 bridgehead atoms. The van der Waals surface area contributed by atoms with Gasteiger partial charge in [0, 0.05) is 0 Å². The quantitative estimate of drug-likeness (QED) is 0.561. The molecule has 4 N–H and O–H groups in total. The molecule has 9 heavy (non-hydrogen) atoms. The normalized spacial score (nSPS) is 8.67. The zero-order valence-electron chi connectivity index (χ0n) is 5.81. The molecular formula is C6H17IN2. The van der Waals surface area contributed by atoms with Gasteiger partial charge in [-0.2, -0.15) is 0 Å². The second-order valence-electron chi connectivity index (χ2n) is 1.99. The van der Waals surface area contributed by atoms with Crippen LogP contribution in [0, 0.1) is 0 Å². The van der Waals surface area contributed by atoms with Gasteiger partial charge in [-0.3, -0.25) is 0 Å². The molecular weight excluding hydrogens is 227 g/mol. The number of nitrogens with two attached hydrogens (primary N) is 2. The van der Waals surface area contributed by atoms with Gasteiger partial charge in [-0.1, -0.05) is 12.8 Å². The van der Waals surface area contributed by atoms with Gasteiger partial charge in [0.2, 0.25) is 0 Å². The fourth-order valence-corrected chi connectivity index (χ4v) is 0.642. The lowest BCUT2D eigenvalue weighted by Gasteiger charge is -1.94. The second kappa shape index (κ2) is 11.4. The highest BCUT2D eigenvalue weighted by Crippen LogP contribution is 1.95. The number of hydrogen-bond donors (Lipinski definition) is 2. The van der Waals surface area contributed by atoms with Crippen LogP contribution in [0.3, 0.4) is 0 Å². The Labute approximate surface area is 74.4 Å². The molecule has 0 rings (SSSR count). The van der Waals surface area contributed by atoms with E-state index >= 15 is 0 Å². The Morgan fingerprint density at radius 2 is 1.00 bits per heavy atom. The Kier molecular flexibility index (Phi) is 15.7. The van der Waals surface area contributed by atoms with Crippen molar-refractivity contribution in [3.8, 4) is 0 Å². The first-order valence-corrected chi connectivity index (χ1v) is 3.32. The molecule has 0 saturated carbocycles. The van der Waals surface area contributed by atoms with Crippen LogP contribution in [-0.2, 0) is 0 Å². The fourth-order valence-electron chi connectivity index (χ4n) is 0.642. The largest absolute Gasteiger partial charge is 0.330 e. The predicted molar refractivity (Wildman–Crippen MR) is 52.0 cm³/mol. The Hall–Kier alpha value is 0.650. The summed E-state index contributed by atoms with van der Waals surface area (Å²) in [6, 6.07) is 0. The van der Waals surface area contributed by atoms with Crippen molar-refractivity contribution in [2.75, 3.05) is 13.1 Å². The van der Waals surface area contributed by atoms with Gasteiger partial charge in [-0.05, 0) is 25.9 Å². The van der Waals surface area contributed by atoms with E-state index in [1.54, 1.807) is 0 Å².